The number of aromatic nitrogens is 1. The molecule has 0 spiro atoms. The Morgan fingerprint density at radius 1 is 1.17 bits per heavy atom. The van der Waals surface area contributed by atoms with Gasteiger partial charge in [-0.1, -0.05) is 18.2 Å². The van der Waals surface area contributed by atoms with Crippen LogP contribution in [0.2, 0.25) is 0 Å². The van der Waals surface area contributed by atoms with E-state index in [2.05, 4.69) is 21.2 Å². The van der Waals surface area contributed by atoms with E-state index < -0.39 is 23.8 Å². The molecule has 2 aromatic carbocycles. The molecule has 1 aromatic heterocycles. The fourth-order valence-electron chi connectivity index (χ4n) is 3.49. The fraction of sp³-hybridized carbons (Fsp3) is 0.318. The molecule has 1 saturated carbocycles. The molecule has 1 heterocycles. The number of pyridine rings is 1. The molecule has 1 aliphatic rings. The van der Waals surface area contributed by atoms with Gasteiger partial charge >= 0.3 is 0 Å². The molecule has 4 rings (SSSR count). The summed E-state index contributed by atoms with van der Waals surface area (Å²) in [7, 11) is 1.59. The maximum atomic E-state index is 14.6. The van der Waals surface area contributed by atoms with Crippen LogP contribution in [0.3, 0.4) is 0 Å². The molecule has 1 atom stereocenters. The lowest BCUT2D eigenvalue weighted by Gasteiger charge is -2.20. The van der Waals surface area contributed by atoms with Crippen LogP contribution in [0.5, 0.6) is 5.75 Å². The molecule has 1 N–H and O–H groups in total. The van der Waals surface area contributed by atoms with Crippen molar-refractivity contribution in [1.82, 2.24) is 4.98 Å². The number of hydrogen-bond acceptors (Lipinski definition) is 3. The Labute approximate surface area is 175 Å². The Balaban J connectivity index is 1.77. The maximum Gasteiger partial charge on any atom is 0.266 e. The molecule has 1 aliphatic carbocycles. The summed E-state index contributed by atoms with van der Waals surface area (Å²) in [6, 6.07) is 9.34. The van der Waals surface area contributed by atoms with Gasteiger partial charge in [0.25, 0.3) is 6.43 Å². The van der Waals surface area contributed by atoms with E-state index in [4.69, 9.17) is 9.72 Å². The van der Waals surface area contributed by atoms with Gasteiger partial charge in [0.15, 0.2) is 0 Å². The lowest BCUT2D eigenvalue weighted by atomic mass is 10.0. The molecule has 0 amide bonds. The molecule has 0 bridgehead atoms. The lowest BCUT2D eigenvalue weighted by molar-refractivity contribution is 0.146. The summed E-state index contributed by atoms with van der Waals surface area (Å²) in [4.78, 5) is 4.77. The second kappa shape index (κ2) is 7.86. The van der Waals surface area contributed by atoms with Crippen LogP contribution in [-0.2, 0) is 0 Å². The molecule has 0 aliphatic heterocycles. The molecular formula is C22H20BrF3N2O. The highest BCUT2D eigenvalue weighted by molar-refractivity contribution is 9.10. The number of methoxy groups -OCH3 is 1. The van der Waals surface area contributed by atoms with Gasteiger partial charge in [0, 0.05) is 34.3 Å². The van der Waals surface area contributed by atoms with E-state index in [0.717, 1.165) is 45.7 Å². The molecule has 3 aromatic rings. The average molecular weight is 465 g/mol. The molecule has 0 saturated heterocycles. The van der Waals surface area contributed by atoms with E-state index in [1.807, 2.05) is 18.2 Å². The van der Waals surface area contributed by atoms with Crippen molar-refractivity contribution >= 4 is 32.5 Å². The molecule has 1 unspecified atom stereocenters. The predicted octanol–water partition coefficient (Wildman–Crippen LogP) is 7.13. The monoisotopic (exact) mass is 464 g/mol. The Hall–Kier alpha value is -2.28. The fourth-order valence-corrected chi connectivity index (χ4v) is 4.00. The maximum absolute atomic E-state index is 14.6. The van der Waals surface area contributed by atoms with Crippen LogP contribution < -0.4 is 10.1 Å². The van der Waals surface area contributed by atoms with E-state index in [9.17, 15) is 13.2 Å². The first-order chi connectivity index (χ1) is 13.9. The van der Waals surface area contributed by atoms with Crippen molar-refractivity contribution in [2.45, 2.75) is 38.2 Å². The van der Waals surface area contributed by atoms with Crippen molar-refractivity contribution in [3.8, 4) is 5.75 Å². The minimum atomic E-state index is -2.85. The summed E-state index contributed by atoms with van der Waals surface area (Å²) in [6.45, 7) is 1.76. The van der Waals surface area contributed by atoms with Crippen LogP contribution in [0.25, 0.3) is 10.9 Å². The molecule has 7 heteroatoms. The van der Waals surface area contributed by atoms with E-state index in [-0.39, 0.29) is 5.56 Å². The second-order valence-corrected chi connectivity index (χ2v) is 8.14. The summed E-state index contributed by atoms with van der Waals surface area (Å²) >= 11 is 3.50. The first-order valence-electron chi connectivity index (χ1n) is 9.40. The van der Waals surface area contributed by atoms with Gasteiger partial charge in [-0.25, -0.2) is 13.2 Å². The average Bonchev–Trinajstić information content (AvgIpc) is 3.53. The number of hydrogen-bond donors (Lipinski definition) is 1. The molecule has 152 valence electrons. The van der Waals surface area contributed by atoms with E-state index in [0.29, 0.717) is 11.7 Å². The van der Waals surface area contributed by atoms with Gasteiger partial charge < -0.3 is 10.1 Å². The van der Waals surface area contributed by atoms with Crippen LogP contribution in [0.1, 0.15) is 55.0 Å². The van der Waals surface area contributed by atoms with Gasteiger partial charge in [0.2, 0.25) is 0 Å². The Morgan fingerprint density at radius 2 is 1.90 bits per heavy atom. The number of halogens is 4. The van der Waals surface area contributed by atoms with Crippen LogP contribution in [0.15, 0.2) is 40.9 Å². The van der Waals surface area contributed by atoms with Crippen molar-refractivity contribution in [1.29, 1.82) is 0 Å². The predicted molar refractivity (Wildman–Crippen MR) is 111 cm³/mol. The van der Waals surface area contributed by atoms with Crippen LogP contribution in [0, 0.1) is 5.82 Å². The number of anilines is 1. The summed E-state index contributed by atoms with van der Waals surface area (Å²) in [5.41, 5.74) is 2.15. The SMILES string of the molecule is COc1cc2nc(C3CC3)cc(NC(C)c3cccc(C(F)F)c3F)c2cc1Br. The third kappa shape index (κ3) is 3.92. The van der Waals surface area contributed by atoms with Crippen molar-refractivity contribution < 1.29 is 17.9 Å². The smallest absolute Gasteiger partial charge is 0.266 e. The molecule has 3 nitrogen and oxygen atoms in total. The van der Waals surface area contributed by atoms with Gasteiger partial charge in [-0.05, 0) is 47.8 Å². The number of benzene rings is 2. The zero-order valence-electron chi connectivity index (χ0n) is 16.0. The van der Waals surface area contributed by atoms with Crippen LogP contribution in [0.4, 0.5) is 18.9 Å². The van der Waals surface area contributed by atoms with Crippen molar-refractivity contribution in [3.63, 3.8) is 0 Å². The quantitative estimate of drug-likeness (QED) is 0.421. The van der Waals surface area contributed by atoms with Crippen LogP contribution >= 0.6 is 15.9 Å². The van der Waals surface area contributed by atoms with E-state index in [1.165, 1.54) is 12.1 Å². The molecule has 0 radical (unpaired) electrons. The highest BCUT2D eigenvalue weighted by atomic mass is 79.9. The molecule has 29 heavy (non-hydrogen) atoms. The normalized spacial score (nSPS) is 15.0. The molecule has 1 fully saturated rings. The second-order valence-electron chi connectivity index (χ2n) is 7.29. The minimum Gasteiger partial charge on any atom is -0.495 e. The number of nitrogens with zero attached hydrogens (tertiary/aromatic N) is 1. The number of fused-ring (bicyclic) bond motifs is 1. The highest BCUT2D eigenvalue weighted by Gasteiger charge is 2.27. The summed E-state index contributed by atoms with van der Waals surface area (Å²) < 4.78 is 46.9. The van der Waals surface area contributed by atoms with Crippen molar-refractivity contribution in [3.05, 3.63) is 63.5 Å². The highest BCUT2D eigenvalue weighted by Crippen LogP contribution is 2.43. The minimum absolute atomic E-state index is 0.202. The molecular weight excluding hydrogens is 445 g/mol. The largest absolute Gasteiger partial charge is 0.495 e. The van der Waals surface area contributed by atoms with Gasteiger partial charge in [-0.3, -0.25) is 4.98 Å². The summed E-state index contributed by atoms with van der Waals surface area (Å²) in [5.74, 6) is 0.225. The first kappa shape index (κ1) is 20.0. The van der Waals surface area contributed by atoms with Gasteiger partial charge in [0.05, 0.1) is 28.7 Å². The number of alkyl halides is 2. The van der Waals surface area contributed by atoms with Crippen LogP contribution in [-0.4, -0.2) is 12.1 Å². The number of ether oxygens (including phenoxy) is 1. The van der Waals surface area contributed by atoms with Gasteiger partial charge in [0.1, 0.15) is 11.6 Å². The van der Waals surface area contributed by atoms with Gasteiger partial charge in [-0.15, -0.1) is 0 Å². The summed E-state index contributed by atoms with van der Waals surface area (Å²) in [6.07, 6.45) is -0.674. The zero-order chi connectivity index (χ0) is 20.7. The van der Waals surface area contributed by atoms with Gasteiger partial charge in [-0.2, -0.15) is 0 Å². The standard InChI is InChI=1S/C22H20BrF3N2O/c1-11(13-4-3-5-14(21(13)24)22(25)26)27-18-9-17(12-6-7-12)28-19-10-20(29-2)16(23)8-15(18)19/h3-5,8-12,22H,6-7H2,1-2H3,(H,27,28). The Bertz CT molecular complexity index is 1070. The third-order valence-electron chi connectivity index (χ3n) is 5.23. The third-order valence-corrected chi connectivity index (χ3v) is 5.85. The zero-order valence-corrected chi connectivity index (χ0v) is 17.6. The van der Waals surface area contributed by atoms with E-state index >= 15 is 0 Å². The number of nitrogens with one attached hydrogen (secondary N) is 1. The van der Waals surface area contributed by atoms with E-state index in [1.54, 1.807) is 14.0 Å². The summed E-state index contributed by atoms with van der Waals surface area (Å²) in [5, 5.41) is 4.16. The van der Waals surface area contributed by atoms with Crippen molar-refractivity contribution in [2.75, 3.05) is 12.4 Å². The topological polar surface area (TPSA) is 34.1 Å². The Kier molecular flexibility index (Phi) is 5.42. The number of rotatable bonds is 6. The Morgan fingerprint density at radius 3 is 2.55 bits per heavy atom. The van der Waals surface area contributed by atoms with Crippen molar-refractivity contribution in [2.24, 2.45) is 0 Å². The first-order valence-corrected chi connectivity index (χ1v) is 10.2. The lowest BCUT2D eigenvalue weighted by Crippen LogP contribution is -2.11.